The summed E-state index contributed by atoms with van der Waals surface area (Å²) in [6, 6.07) is 6.76. The zero-order valence-electron chi connectivity index (χ0n) is 9.71. The SMILES string of the molecule is CCC(Br)C(=O)c1ccc(F)c2c(F)cccc12. The van der Waals surface area contributed by atoms with Gasteiger partial charge < -0.3 is 0 Å². The molecule has 2 aromatic carbocycles. The van der Waals surface area contributed by atoms with Crippen LogP contribution >= 0.6 is 15.9 Å². The van der Waals surface area contributed by atoms with Gasteiger partial charge >= 0.3 is 0 Å². The molecule has 0 amide bonds. The van der Waals surface area contributed by atoms with Crippen LogP contribution in [0.1, 0.15) is 23.7 Å². The number of ketones is 1. The van der Waals surface area contributed by atoms with Gasteiger partial charge in [0.05, 0.1) is 10.2 Å². The fraction of sp³-hybridized carbons (Fsp3) is 0.214. The van der Waals surface area contributed by atoms with E-state index in [-0.39, 0.29) is 16.0 Å². The second-order valence-electron chi connectivity index (χ2n) is 4.00. The zero-order valence-corrected chi connectivity index (χ0v) is 11.3. The smallest absolute Gasteiger partial charge is 0.177 e. The number of Topliss-reactive ketones (excluding diaryl/α,β-unsaturated/α-hetero) is 1. The van der Waals surface area contributed by atoms with Crippen molar-refractivity contribution in [2.24, 2.45) is 0 Å². The molecule has 1 atom stereocenters. The first-order valence-electron chi connectivity index (χ1n) is 5.61. The highest BCUT2D eigenvalue weighted by atomic mass is 79.9. The average molecular weight is 313 g/mol. The summed E-state index contributed by atoms with van der Waals surface area (Å²) in [7, 11) is 0. The third-order valence-electron chi connectivity index (χ3n) is 2.85. The molecule has 0 N–H and O–H groups in total. The number of alkyl halides is 1. The third-order valence-corrected chi connectivity index (χ3v) is 3.91. The quantitative estimate of drug-likeness (QED) is 0.603. The van der Waals surface area contributed by atoms with Crippen LogP contribution in [0.5, 0.6) is 0 Å². The Labute approximate surface area is 112 Å². The third kappa shape index (κ3) is 2.17. The molecule has 1 nitrogen and oxygen atoms in total. The molecule has 1 unspecified atom stereocenters. The average Bonchev–Trinajstić information content (AvgIpc) is 2.37. The Kier molecular flexibility index (Phi) is 3.76. The van der Waals surface area contributed by atoms with Crippen LogP contribution in [-0.2, 0) is 0 Å². The molecule has 0 heterocycles. The van der Waals surface area contributed by atoms with Crippen molar-refractivity contribution in [2.75, 3.05) is 0 Å². The van der Waals surface area contributed by atoms with Crippen molar-refractivity contribution in [3.8, 4) is 0 Å². The lowest BCUT2D eigenvalue weighted by Crippen LogP contribution is -2.13. The summed E-state index contributed by atoms with van der Waals surface area (Å²) in [6.45, 7) is 1.86. The molecule has 4 heteroatoms. The van der Waals surface area contributed by atoms with Crippen LogP contribution in [0.15, 0.2) is 30.3 Å². The normalized spacial score (nSPS) is 12.7. The van der Waals surface area contributed by atoms with Crippen molar-refractivity contribution in [1.82, 2.24) is 0 Å². The number of benzene rings is 2. The van der Waals surface area contributed by atoms with Gasteiger partial charge in [0, 0.05) is 5.56 Å². The Balaban J connectivity index is 2.71. The second kappa shape index (κ2) is 5.14. The largest absolute Gasteiger partial charge is 0.293 e. The molecular formula is C14H11BrF2O. The van der Waals surface area contributed by atoms with Crippen molar-refractivity contribution in [3.63, 3.8) is 0 Å². The van der Waals surface area contributed by atoms with Crippen LogP contribution < -0.4 is 0 Å². The van der Waals surface area contributed by atoms with Crippen LogP contribution in [0.2, 0.25) is 0 Å². The summed E-state index contributed by atoms with van der Waals surface area (Å²) in [4.78, 5) is 11.8. The minimum absolute atomic E-state index is 0.126. The highest BCUT2D eigenvalue weighted by Gasteiger charge is 2.19. The van der Waals surface area contributed by atoms with Gasteiger partial charge in [-0.3, -0.25) is 4.79 Å². The molecule has 0 bridgehead atoms. The van der Waals surface area contributed by atoms with Crippen LogP contribution in [0, 0.1) is 11.6 Å². The van der Waals surface area contributed by atoms with E-state index in [1.54, 1.807) is 6.07 Å². The van der Waals surface area contributed by atoms with E-state index >= 15 is 0 Å². The number of rotatable bonds is 3. The van der Waals surface area contributed by atoms with Gasteiger partial charge in [-0.2, -0.15) is 0 Å². The highest BCUT2D eigenvalue weighted by Crippen LogP contribution is 2.27. The highest BCUT2D eigenvalue weighted by molar-refractivity contribution is 9.10. The van der Waals surface area contributed by atoms with E-state index in [1.807, 2.05) is 6.92 Å². The Morgan fingerprint density at radius 3 is 2.56 bits per heavy atom. The maximum Gasteiger partial charge on any atom is 0.177 e. The summed E-state index contributed by atoms with van der Waals surface area (Å²) in [5.41, 5.74) is 0.342. The van der Waals surface area contributed by atoms with Gasteiger partial charge in [0.1, 0.15) is 11.6 Å². The van der Waals surface area contributed by atoms with Crippen LogP contribution in [-0.4, -0.2) is 10.6 Å². The predicted molar refractivity (Wildman–Crippen MR) is 71.2 cm³/mol. The van der Waals surface area contributed by atoms with Gasteiger partial charge in [-0.05, 0) is 30.0 Å². The molecule has 0 radical (unpaired) electrons. The van der Waals surface area contributed by atoms with Gasteiger partial charge in [0.2, 0.25) is 0 Å². The Morgan fingerprint density at radius 2 is 1.89 bits per heavy atom. The molecule has 2 aromatic rings. The fourth-order valence-electron chi connectivity index (χ4n) is 1.89. The van der Waals surface area contributed by atoms with E-state index in [1.165, 1.54) is 18.2 Å². The van der Waals surface area contributed by atoms with Gasteiger partial charge in [-0.25, -0.2) is 8.78 Å². The molecule has 0 aliphatic heterocycles. The van der Waals surface area contributed by atoms with Crippen molar-refractivity contribution in [2.45, 2.75) is 18.2 Å². The first-order chi connectivity index (χ1) is 8.56. The molecule has 2 rings (SSSR count). The second-order valence-corrected chi connectivity index (χ2v) is 5.10. The van der Waals surface area contributed by atoms with Crippen LogP contribution in [0.25, 0.3) is 10.8 Å². The number of fused-ring (bicyclic) bond motifs is 1. The molecule has 0 saturated heterocycles. The lowest BCUT2D eigenvalue weighted by atomic mass is 9.98. The maximum atomic E-state index is 13.6. The number of hydrogen-bond acceptors (Lipinski definition) is 1. The predicted octanol–water partition coefficient (Wildman–Crippen LogP) is 4.47. The van der Waals surface area contributed by atoms with E-state index in [9.17, 15) is 13.6 Å². The summed E-state index contributed by atoms with van der Waals surface area (Å²) < 4.78 is 27.2. The standard InChI is InChI=1S/C14H11BrF2O/c1-2-10(15)14(18)9-6-7-12(17)13-8(9)4-3-5-11(13)16/h3-7,10H,2H2,1H3. The summed E-state index contributed by atoms with van der Waals surface area (Å²) in [5.74, 6) is -1.46. The maximum absolute atomic E-state index is 13.6. The number of halogens is 3. The topological polar surface area (TPSA) is 17.1 Å². The van der Waals surface area contributed by atoms with Crippen LogP contribution in [0.4, 0.5) is 8.78 Å². The fourth-order valence-corrected chi connectivity index (χ4v) is 2.14. The molecule has 0 fully saturated rings. The Bertz CT molecular complexity index is 602. The molecule has 94 valence electrons. The summed E-state index contributed by atoms with van der Waals surface area (Å²) in [5, 5.41) is 0.192. The monoisotopic (exact) mass is 312 g/mol. The molecular weight excluding hydrogens is 302 g/mol. The number of carbonyl (C=O) groups excluding carboxylic acids is 1. The lowest BCUT2D eigenvalue weighted by molar-refractivity contribution is 0.0992. The number of carbonyl (C=O) groups is 1. The van der Waals surface area contributed by atoms with E-state index < -0.39 is 11.6 Å². The van der Waals surface area contributed by atoms with Gasteiger partial charge in [0.15, 0.2) is 5.78 Å². The summed E-state index contributed by atoms with van der Waals surface area (Å²) in [6.07, 6.45) is 0.618. The first-order valence-corrected chi connectivity index (χ1v) is 6.52. The molecule has 0 aliphatic carbocycles. The summed E-state index contributed by atoms with van der Waals surface area (Å²) >= 11 is 3.26. The molecule has 0 aromatic heterocycles. The van der Waals surface area contributed by atoms with Gasteiger partial charge in [0.25, 0.3) is 0 Å². The van der Waals surface area contributed by atoms with Crippen molar-refractivity contribution in [1.29, 1.82) is 0 Å². The first kappa shape index (κ1) is 13.1. The van der Waals surface area contributed by atoms with Crippen molar-refractivity contribution in [3.05, 3.63) is 47.5 Å². The Hall–Kier alpha value is -1.29. The number of hydrogen-bond donors (Lipinski definition) is 0. The molecule has 0 aliphatic rings. The van der Waals surface area contributed by atoms with E-state index in [0.717, 1.165) is 6.07 Å². The molecule has 18 heavy (non-hydrogen) atoms. The molecule has 0 spiro atoms. The minimum atomic E-state index is -0.651. The van der Waals surface area contributed by atoms with Crippen molar-refractivity contribution < 1.29 is 13.6 Å². The minimum Gasteiger partial charge on any atom is -0.293 e. The van der Waals surface area contributed by atoms with Crippen LogP contribution in [0.3, 0.4) is 0 Å². The Morgan fingerprint density at radius 1 is 1.22 bits per heavy atom. The van der Waals surface area contributed by atoms with E-state index in [4.69, 9.17) is 0 Å². The zero-order chi connectivity index (χ0) is 13.3. The van der Waals surface area contributed by atoms with E-state index in [2.05, 4.69) is 15.9 Å². The van der Waals surface area contributed by atoms with E-state index in [0.29, 0.717) is 17.4 Å². The lowest BCUT2D eigenvalue weighted by Gasteiger charge is -2.10. The molecule has 0 saturated carbocycles. The van der Waals surface area contributed by atoms with Gasteiger partial charge in [-0.15, -0.1) is 0 Å². The van der Waals surface area contributed by atoms with Crippen molar-refractivity contribution >= 4 is 32.5 Å². The van der Waals surface area contributed by atoms with Gasteiger partial charge in [-0.1, -0.05) is 35.0 Å².